The first-order chi connectivity index (χ1) is 10.2. The average molecular weight is 278 g/mol. The molecule has 0 saturated heterocycles. The second-order valence-corrected chi connectivity index (χ2v) is 4.64. The molecular formula is C16H14N4O. The van der Waals surface area contributed by atoms with Crippen LogP contribution in [-0.2, 0) is 6.54 Å². The zero-order valence-corrected chi connectivity index (χ0v) is 11.3. The standard InChI is InChI=1S/C16H14N4O/c17-16(21)13-6-7-14(20-10-13)19-9-12-4-1-3-11-5-2-8-18-15(11)12/h1-8,10H,9H2,(H2,17,21)(H,19,20). The van der Waals surface area contributed by atoms with E-state index in [4.69, 9.17) is 5.73 Å². The number of hydrogen-bond acceptors (Lipinski definition) is 4. The van der Waals surface area contributed by atoms with E-state index in [2.05, 4.69) is 15.3 Å². The highest BCUT2D eigenvalue weighted by Gasteiger charge is 2.03. The van der Waals surface area contributed by atoms with Gasteiger partial charge in [0.2, 0.25) is 5.91 Å². The zero-order valence-electron chi connectivity index (χ0n) is 11.3. The molecule has 0 aliphatic rings. The van der Waals surface area contributed by atoms with Crippen molar-refractivity contribution in [1.82, 2.24) is 9.97 Å². The minimum Gasteiger partial charge on any atom is -0.366 e. The molecule has 1 aromatic carbocycles. The molecule has 0 atom stereocenters. The largest absolute Gasteiger partial charge is 0.366 e. The molecule has 104 valence electrons. The van der Waals surface area contributed by atoms with Crippen LogP contribution in [0.1, 0.15) is 15.9 Å². The van der Waals surface area contributed by atoms with E-state index in [-0.39, 0.29) is 0 Å². The summed E-state index contributed by atoms with van der Waals surface area (Å²) in [5.41, 5.74) is 7.64. The van der Waals surface area contributed by atoms with E-state index in [1.54, 1.807) is 18.3 Å². The fraction of sp³-hybridized carbons (Fsp3) is 0.0625. The number of benzene rings is 1. The fourth-order valence-corrected chi connectivity index (χ4v) is 2.14. The van der Waals surface area contributed by atoms with Gasteiger partial charge in [0, 0.05) is 24.3 Å². The summed E-state index contributed by atoms with van der Waals surface area (Å²) >= 11 is 0. The summed E-state index contributed by atoms with van der Waals surface area (Å²) in [5, 5.41) is 4.32. The Kier molecular flexibility index (Phi) is 3.47. The van der Waals surface area contributed by atoms with Gasteiger partial charge in [-0.15, -0.1) is 0 Å². The van der Waals surface area contributed by atoms with Crippen LogP contribution in [0, 0.1) is 0 Å². The molecule has 0 aliphatic carbocycles. The lowest BCUT2D eigenvalue weighted by atomic mass is 10.1. The summed E-state index contributed by atoms with van der Waals surface area (Å²) in [6, 6.07) is 13.4. The Morgan fingerprint density at radius 1 is 1.10 bits per heavy atom. The molecule has 21 heavy (non-hydrogen) atoms. The highest BCUT2D eigenvalue weighted by molar-refractivity contribution is 5.92. The van der Waals surface area contributed by atoms with E-state index in [0.717, 1.165) is 16.5 Å². The molecule has 3 N–H and O–H groups in total. The van der Waals surface area contributed by atoms with Crippen LogP contribution in [0.3, 0.4) is 0 Å². The monoisotopic (exact) mass is 278 g/mol. The van der Waals surface area contributed by atoms with Gasteiger partial charge in [0.05, 0.1) is 11.1 Å². The molecule has 5 heteroatoms. The molecule has 0 bridgehead atoms. The molecule has 3 rings (SSSR count). The minimum absolute atomic E-state index is 0.396. The van der Waals surface area contributed by atoms with Crippen molar-refractivity contribution in [2.75, 3.05) is 5.32 Å². The Labute approximate surface area is 121 Å². The van der Waals surface area contributed by atoms with Gasteiger partial charge in [0.25, 0.3) is 0 Å². The van der Waals surface area contributed by atoms with E-state index >= 15 is 0 Å². The number of anilines is 1. The number of pyridine rings is 2. The van der Waals surface area contributed by atoms with Gasteiger partial charge in [-0.1, -0.05) is 24.3 Å². The summed E-state index contributed by atoms with van der Waals surface area (Å²) in [4.78, 5) is 19.6. The number of carbonyl (C=O) groups is 1. The molecule has 3 aromatic rings. The number of amides is 1. The summed E-state index contributed by atoms with van der Waals surface area (Å²) in [7, 11) is 0. The van der Waals surface area contributed by atoms with Crippen LogP contribution < -0.4 is 11.1 Å². The Balaban J connectivity index is 1.79. The number of nitrogens with one attached hydrogen (secondary N) is 1. The highest BCUT2D eigenvalue weighted by atomic mass is 16.1. The molecule has 0 spiro atoms. The topological polar surface area (TPSA) is 80.9 Å². The van der Waals surface area contributed by atoms with Gasteiger partial charge in [-0.05, 0) is 23.8 Å². The summed E-state index contributed by atoms with van der Waals surface area (Å²) in [6.45, 7) is 0.608. The lowest BCUT2D eigenvalue weighted by Crippen LogP contribution is -2.11. The molecule has 0 unspecified atom stereocenters. The maximum atomic E-state index is 11.0. The van der Waals surface area contributed by atoms with E-state index in [0.29, 0.717) is 17.9 Å². The smallest absolute Gasteiger partial charge is 0.250 e. The van der Waals surface area contributed by atoms with Crippen molar-refractivity contribution in [2.24, 2.45) is 5.73 Å². The molecule has 2 heterocycles. The summed E-state index contributed by atoms with van der Waals surface area (Å²) < 4.78 is 0. The first kappa shape index (κ1) is 13.1. The number of hydrogen-bond donors (Lipinski definition) is 2. The molecule has 5 nitrogen and oxygen atoms in total. The third-order valence-corrected chi connectivity index (χ3v) is 3.22. The number of para-hydroxylation sites is 1. The first-order valence-electron chi connectivity index (χ1n) is 6.56. The molecule has 0 aliphatic heterocycles. The van der Waals surface area contributed by atoms with Crippen molar-refractivity contribution >= 4 is 22.6 Å². The van der Waals surface area contributed by atoms with Crippen LogP contribution in [0.2, 0.25) is 0 Å². The van der Waals surface area contributed by atoms with Crippen LogP contribution in [0.15, 0.2) is 54.9 Å². The fourth-order valence-electron chi connectivity index (χ4n) is 2.14. The SMILES string of the molecule is NC(=O)c1ccc(NCc2cccc3cccnc23)nc1. The van der Waals surface area contributed by atoms with E-state index < -0.39 is 5.91 Å². The van der Waals surface area contributed by atoms with Gasteiger partial charge in [0.15, 0.2) is 0 Å². The van der Waals surface area contributed by atoms with Crippen LogP contribution in [0.4, 0.5) is 5.82 Å². The Hall–Kier alpha value is -2.95. The molecular weight excluding hydrogens is 264 g/mol. The lowest BCUT2D eigenvalue weighted by Gasteiger charge is -2.08. The molecule has 0 saturated carbocycles. The van der Waals surface area contributed by atoms with Gasteiger partial charge in [-0.25, -0.2) is 4.98 Å². The number of nitrogens with zero attached hydrogens (tertiary/aromatic N) is 2. The number of primary amides is 1. The van der Waals surface area contributed by atoms with E-state index in [9.17, 15) is 4.79 Å². The van der Waals surface area contributed by atoms with E-state index in [1.165, 1.54) is 6.20 Å². The normalized spacial score (nSPS) is 10.5. The van der Waals surface area contributed by atoms with Crippen LogP contribution in [0.5, 0.6) is 0 Å². The lowest BCUT2D eigenvalue weighted by molar-refractivity contribution is 0.1000. The molecule has 0 radical (unpaired) electrons. The van der Waals surface area contributed by atoms with E-state index in [1.807, 2.05) is 30.3 Å². The number of nitrogens with two attached hydrogens (primary N) is 1. The summed E-state index contributed by atoms with van der Waals surface area (Å²) in [5.74, 6) is 0.209. The number of rotatable bonds is 4. The third kappa shape index (κ3) is 2.81. The zero-order chi connectivity index (χ0) is 14.7. The Bertz CT molecular complexity index is 778. The van der Waals surface area contributed by atoms with Crippen molar-refractivity contribution in [3.63, 3.8) is 0 Å². The summed E-state index contributed by atoms with van der Waals surface area (Å²) in [6.07, 6.45) is 3.25. The van der Waals surface area contributed by atoms with Crippen molar-refractivity contribution in [2.45, 2.75) is 6.54 Å². The predicted octanol–water partition coefficient (Wildman–Crippen LogP) is 2.34. The van der Waals surface area contributed by atoms with Crippen molar-refractivity contribution in [1.29, 1.82) is 0 Å². The van der Waals surface area contributed by atoms with Gasteiger partial charge in [-0.2, -0.15) is 0 Å². The number of aromatic nitrogens is 2. The quantitative estimate of drug-likeness (QED) is 0.767. The van der Waals surface area contributed by atoms with Gasteiger partial charge >= 0.3 is 0 Å². The number of carbonyl (C=O) groups excluding carboxylic acids is 1. The maximum absolute atomic E-state index is 11.0. The van der Waals surface area contributed by atoms with Crippen LogP contribution >= 0.6 is 0 Å². The van der Waals surface area contributed by atoms with Gasteiger partial charge in [-0.3, -0.25) is 9.78 Å². The van der Waals surface area contributed by atoms with Crippen molar-refractivity contribution in [3.05, 3.63) is 66.0 Å². The minimum atomic E-state index is -0.479. The Morgan fingerprint density at radius 3 is 2.71 bits per heavy atom. The second kappa shape index (κ2) is 5.58. The number of fused-ring (bicyclic) bond motifs is 1. The highest BCUT2D eigenvalue weighted by Crippen LogP contribution is 2.17. The van der Waals surface area contributed by atoms with Gasteiger partial charge in [0.1, 0.15) is 5.82 Å². The second-order valence-electron chi connectivity index (χ2n) is 4.64. The van der Waals surface area contributed by atoms with Crippen molar-refractivity contribution in [3.8, 4) is 0 Å². The molecule has 0 fully saturated rings. The van der Waals surface area contributed by atoms with Crippen LogP contribution in [0.25, 0.3) is 10.9 Å². The van der Waals surface area contributed by atoms with Gasteiger partial charge < -0.3 is 11.1 Å². The predicted molar refractivity (Wildman–Crippen MR) is 81.8 cm³/mol. The first-order valence-corrected chi connectivity index (χ1v) is 6.56. The van der Waals surface area contributed by atoms with Crippen LogP contribution in [-0.4, -0.2) is 15.9 Å². The maximum Gasteiger partial charge on any atom is 0.250 e. The Morgan fingerprint density at radius 2 is 1.95 bits per heavy atom. The third-order valence-electron chi connectivity index (χ3n) is 3.22. The molecule has 2 aromatic heterocycles. The molecule has 1 amide bonds. The van der Waals surface area contributed by atoms with Crippen molar-refractivity contribution < 1.29 is 4.79 Å². The average Bonchev–Trinajstić information content (AvgIpc) is 2.53.